The Labute approximate surface area is 184 Å². The molecular weight excluding hydrogens is 403 g/mol. The first-order chi connectivity index (χ1) is 15.5. The number of rotatable bonds is 5. The van der Waals surface area contributed by atoms with Gasteiger partial charge in [-0.3, -0.25) is 4.79 Å². The van der Waals surface area contributed by atoms with E-state index in [0.717, 1.165) is 27.5 Å². The molecule has 4 aromatic rings. The Kier molecular flexibility index (Phi) is 5.96. The van der Waals surface area contributed by atoms with Crippen molar-refractivity contribution in [1.29, 1.82) is 5.26 Å². The van der Waals surface area contributed by atoms with Gasteiger partial charge in [0.1, 0.15) is 23.2 Å². The molecule has 0 saturated heterocycles. The van der Waals surface area contributed by atoms with Gasteiger partial charge in [0.05, 0.1) is 0 Å². The van der Waals surface area contributed by atoms with Gasteiger partial charge in [0.2, 0.25) is 0 Å². The number of hydrogen-bond acceptors (Lipinski definition) is 3. The lowest BCUT2D eigenvalue weighted by molar-refractivity contribution is -0.112. The number of aromatic hydroxyl groups is 1. The third-order valence-electron chi connectivity index (χ3n) is 5.12. The topological polar surface area (TPSA) is 73.1 Å². The standard InChI is InChI=1S/C27H19FN2O2/c28-22-6-3-4-18(15-22)14-20-9-8-19-5-1-2-7-25(19)26(20)16-21(17-29)27(32)30-23-10-12-24(31)13-11-23/h1-13,15-16,31H,14H2,(H,30,32)/b21-16+. The number of nitrogens with zero attached hydrogens (tertiary/aromatic N) is 1. The first-order valence-corrected chi connectivity index (χ1v) is 10.0. The Morgan fingerprint density at radius 3 is 2.53 bits per heavy atom. The number of nitrogens with one attached hydrogen (secondary N) is 1. The van der Waals surface area contributed by atoms with E-state index in [2.05, 4.69) is 5.32 Å². The molecule has 0 aromatic heterocycles. The first kappa shape index (κ1) is 20.8. The Morgan fingerprint density at radius 1 is 1.00 bits per heavy atom. The maximum atomic E-state index is 13.7. The van der Waals surface area contributed by atoms with E-state index in [1.807, 2.05) is 48.5 Å². The SMILES string of the molecule is N#C/C(=C\c1c(Cc2cccc(F)c2)ccc2ccccc12)C(=O)Nc1ccc(O)cc1. The van der Waals surface area contributed by atoms with Crippen molar-refractivity contribution < 1.29 is 14.3 Å². The lowest BCUT2D eigenvalue weighted by atomic mass is 9.93. The largest absolute Gasteiger partial charge is 0.508 e. The lowest BCUT2D eigenvalue weighted by Crippen LogP contribution is -2.13. The Bertz CT molecular complexity index is 1370. The fraction of sp³-hybridized carbons (Fsp3) is 0.0370. The summed E-state index contributed by atoms with van der Waals surface area (Å²) in [5, 5.41) is 23.7. The molecule has 0 aliphatic heterocycles. The first-order valence-electron chi connectivity index (χ1n) is 10.0. The molecule has 0 aliphatic rings. The number of fused-ring (bicyclic) bond motifs is 1. The molecule has 0 atom stereocenters. The molecule has 4 rings (SSSR count). The molecule has 4 nitrogen and oxygen atoms in total. The highest BCUT2D eigenvalue weighted by atomic mass is 19.1. The minimum Gasteiger partial charge on any atom is -0.508 e. The van der Waals surface area contributed by atoms with Crippen LogP contribution in [0.25, 0.3) is 16.8 Å². The summed E-state index contributed by atoms with van der Waals surface area (Å²) in [4.78, 5) is 12.8. The van der Waals surface area contributed by atoms with Gasteiger partial charge in [-0.1, -0.05) is 48.5 Å². The van der Waals surface area contributed by atoms with Crippen LogP contribution in [0.4, 0.5) is 10.1 Å². The van der Waals surface area contributed by atoms with Gasteiger partial charge in [0, 0.05) is 5.69 Å². The summed E-state index contributed by atoms with van der Waals surface area (Å²) in [6, 6.07) is 26.0. The van der Waals surface area contributed by atoms with Crippen LogP contribution in [-0.4, -0.2) is 11.0 Å². The Morgan fingerprint density at radius 2 is 1.78 bits per heavy atom. The lowest BCUT2D eigenvalue weighted by Gasteiger charge is -2.12. The van der Waals surface area contributed by atoms with Crippen LogP contribution in [0.5, 0.6) is 5.75 Å². The molecule has 156 valence electrons. The average Bonchev–Trinajstić information content (AvgIpc) is 2.80. The third-order valence-corrected chi connectivity index (χ3v) is 5.12. The van der Waals surface area contributed by atoms with Crippen LogP contribution >= 0.6 is 0 Å². The second-order valence-corrected chi connectivity index (χ2v) is 7.34. The van der Waals surface area contributed by atoms with Crippen molar-refractivity contribution in [1.82, 2.24) is 0 Å². The van der Waals surface area contributed by atoms with Crippen molar-refractivity contribution in [2.45, 2.75) is 6.42 Å². The van der Waals surface area contributed by atoms with Crippen LogP contribution in [0.3, 0.4) is 0 Å². The number of anilines is 1. The number of halogens is 1. The van der Waals surface area contributed by atoms with E-state index in [-0.39, 0.29) is 17.1 Å². The van der Waals surface area contributed by atoms with Crippen LogP contribution in [0.15, 0.2) is 90.5 Å². The molecular formula is C27H19FN2O2. The maximum Gasteiger partial charge on any atom is 0.266 e. The van der Waals surface area contributed by atoms with Gasteiger partial charge >= 0.3 is 0 Å². The summed E-state index contributed by atoms with van der Waals surface area (Å²) in [6.45, 7) is 0. The summed E-state index contributed by atoms with van der Waals surface area (Å²) >= 11 is 0. The second kappa shape index (κ2) is 9.15. The number of nitriles is 1. The van der Waals surface area contributed by atoms with Crippen molar-refractivity contribution in [3.8, 4) is 11.8 Å². The fourth-order valence-electron chi connectivity index (χ4n) is 3.57. The predicted octanol–water partition coefficient (Wildman–Crippen LogP) is 5.82. The zero-order valence-corrected chi connectivity index (χ0v) is 17.0. The highest BCUT2D eigenvalue weighted by Crippen LogP contribution is 2.27. The minimum absolute atomic E-state index is 0.0603. The molecule has 0 fully saturated rings. The van der Waals surface area contributed by atoms with Gasteiger partial charge in [-0.15, -0.1) is 0 Å². The number of carbonyl (C=O) groups excluding carboxylic acids is 1. The van der Waals surface area contributed by atoms with Crippen LogP contribution in [-0.2, 0) is 11.2 Å². The van der Waals surface area contributed by atoms with E-state index in [1.54, 1.807) is 24.3 Å². The van der Waals surface area contributed by atoms with Gasteiger partial charge in [-0.2, -0.15) is 5.26 Å². The van der Waals surface area contributed by atoms with Gasteiger partial charge < -0.3 is 10.4 Å². The number of carbonyl (C=O) groups is 1. The predicted molar refractivity (Wildman–Crippen MR) is 123 cm³/mol. The Balaban J connectivity index is 1.76. The molecule has 0 unspecified atom stereocenters. The molecule has 0 bridgehead atoms. The normalized spacial score (nSPS) is 11.2. The molecule has 0 aliphatic carbocycles. The fourth-order valence-corrected chi connectivity index (χ4v) is 3.57. The molecule has 5 heteroatoms. The molecule has 1 amide bonds. The zero-order chi connectivity index (χ0) is 22.5. The van der Waals surface area contributed by atoms with Crippen LogP contribution < -0.4 is 5.32 Å². The van der Waals surface area contributed by atoms with E-state index in [4.69, 9.17) is 0 Å². The molecule has 0 heterocycles. The summed E-state index contributed by atoms with van der Waals surface area (Å²) in [5.41, 5.74) is 2.81. The van der Waals surface area contributed by atoms with Gasteiger partial charge in [0.25, 0.3) is 5.91 Å². The molecule has 0 radical (unpaired) electrons. The van der Waals surface area contributed by atoms with E-state index in [1.165, 1.54) is 24.3 Å². The molecule has 2 N–H and O–H groups in total. The van der Waals surface area contributed by atoms with Crippen LogP contribution in [0.2, 0.25) is 0 Å². The van der Waals surface area contributed by atoms with Gasteiger partial charge in [-0.25, -0.2) is 4.39 Å². The van der Waals surface area contributed by atoms with Crippen molar-refractivity contribution in [3.05, 3.63) is 113 Å². The van der Waals surface area contributed by atoms with E-state index in [9.17, 15) is 19.6 Å². The van der Waals surface area contributed by atoms with Gasteiger partial charge in [0.15, 0.2) is 0 Å². The van der Waals surface area contributed by atoms with Crippen molar-refractivity contribution in [3.63, 3.8) is 0 Å². The third kappa shape index (κ3) is 4.66. The van der Waals surface area contributed by atoms with E-state index in [0.29, 0.717) is 12.1 Å². The number of hydrogen-bond donors (Lipinski definition) is 2. The average molecular weight is 422 g/mol. The smallest absolute Gasteiger partial charge is 0.266 e. The quantitative estimate of drug-likeness (QED) is 0.242. The van der Waals surface area contributed by atoms with Crippen LogP contribution in [0.1, 0.15) is 16.7 Å². The second-order valence-electron chi connectivity index (χ2n) is 7.34. The molecule has 0 spiro atoms. The molecule has 4 aromatic carbocycles. The summed E-state index contributed by atoms with van der Waals surface area (Å²) in [5.74, 6) is -0.786. The molecule has 32 heavy (non-hydrogen) atoms. The summed E-state index contributed by atoms with van der Waals surface area (Å²) < 4.78 is 13.7. The van der Waals surface area contributed by atoms with Crippen LogP contribution in [0, 0.1) is 17.1 Å². The zero-order valence-electron chi connectivity index (χ0n) is 17.0. The summed E-state index contributed by atoms with van der Waals surface area (Å²) in [7, 11) is 0. The highest BCUT2D eigenvalue weighted by Gasteiger charge is 2.14. The number of phenols is 1. The number of amides is 1. The maximum absolute atomic E-state index is 13.7. The van der Waals surface area contributed by atoms with Gasteiger partial charge in [-0.05, 0) is 76.4 Å². The minimum atomic E-state index is -0.553. The van der Waals surface area contributed by atoms with E-state index >= 15 is 0 Å². The highest BCUT2D eigenvalue weighted by molar-refractivity contribution is 6.11. The number of phenolic OH excluding ortho intramolecular Hbond substituents is 1. The van der Waals surface area contributed by atoms with E-state index < -0.39 is 5.91 Å². The van der Waals surface area contributed by atoms with Crippen molar-refractivity contribution in [2.75, 3.05) is 5.32 Å². The summed E-state index contributed by atoms with van der Waals surface area (Å²) in [6.07, 6.45) is 2.03. The molecule has 0 saturated carbocycles. The monoisotopic (exact) mass is 422 g/mol. The number of benzene rings is 4. The van der Waals surface area contributed by atoms with Crippen molar-refractivity contribution in [2.24, 2.45) is 0 Å². The Hall–Kier alpha value is -4.43. The van der Waals surface area contributed by atoms with Crippen molar-refractivity contribution >= 4 is 28.4 Å².